The van der Waals surface area contributed by atoms with Crippen molar-refractivity contribution in [2.75, 3.05) is 23.9 Å². The van der Waals surface area contributed by atoms with Crippen molar-refractivity contribution in [2.24, 2.45) is 7.05 Å². The van der Waals surface area contributed by atoms with E-state index in [-0.39, 0.29) is 5.91 Å². The molecule has 4 nitrogen and oxygen atoms in total. The first-order valence-electron chi connectivity index (χ1n) is 7.72. The van der Waals surface area contributed by atoms with E-state index in [0.717, 1.165) is 27.9 Å². The van der Waals surface area contributed by atoms with Gasteiger partial charge in [-0.05, 0) is 42.0 Å². The zero-order valence-electron chi connectivity index (χ0n) is 13.6. The molecule has 0 atom stereocenters. The molecular formula is C19H19N3O. The molecule has 3 aromatic rings. The molecule has 1 aliphatic rings. The number of rotatable bonds is 2. The number of anilines is 2. The average Bonchev–Trinajstić information content (AvgIpc) is 3.08. The summed E-state index contributed by atoms with van der Waals surface area (Å²) in [6.45, 7) is 0.639. The van der Waals surface area contributed by atoms with E-state index in [2.05, 4.69) is 34.9 Å². The van der Waals surface area contributed by atoms with Gasteiger partial charge in [-0.2, -0.15) is 0 Å². The normalized spacial score (nSPS) is 13.7. The third-order valence-electron chi connectivity index (χ3n) is 4.59. The van der Waals surface area contributed by atoms with E-state index in [1.807, 2.05) is 49.3 Å². The molecular weight excluding hydrogens is 286 g/mol. The van der Waals surface area contributed by atoms with E-state index < -0.39 is 0 Å². The number of benzene rings is 2. The van der Waals surface area contributed by atoms with Crippen LogP contribution in [0.1, 0.15) is 15.9 Å². The van der Waals surface area contributed by atoms with E-state index in [4.69, 9.17) is 0 Å². The number of nitrogens with zero attached hydrogens (tertiary/aromatic N) is 3. The lowest BCUT2D eigenvalue weighted by molar-refractivity contribution is 0.0996. The summed E-state index contributed by atoms with van der Waals surface area (Å²) in [5.41, 5.74) is 5.08. The molecule has 0 spiro atoms. The van der Waals surface area contributed by atoms with Gasteiger partial charge in [-0.25, -0.2) is 0 Å². The first-order chi connectivity index (χ1) is 11.0. The Bertz CT molecular complexity index is 924. The summed E-state index contributed by atoms with van der Waals surface area (Å²) >= 11 is 0. The van der Waals surface area contributed by atoms with Crippen LogP contribution in [-0.2, 0) is 13.6 Å². The van der Waals surface area contributed by atoms with Gasteiger partial charge in [0.25, 0.3) is 5.91 Å². The van der Waals surface area contributed by atoms with E-state index >= 15 is 0 Å². The van der Waals surface area contributed by atoms with Crippen LogP contribution in [0.4, 0.5) is 11.4 Å². The number of carbonyl (C=O) groups excluding carboxylic acids is 1. The van der Waals surface area contributed by atoms with E-state index in [9.17, 15) is 4.79 Å². The second-order valence-corrected chi connectivity index (χ2v) is 6.30. The van der Waals surface area contributed by atoms with Crippen molar-refractivity contribution in [3.05, 3.63) is 59.8 Å². The van der Waals surface area contributed by atoms with Crippen LogP contribution in [0.15, 0.2) is 48.7 Å². The van der Waals surface area contributed by atoms with Gasteiger partial charge in [0, 0.05) is 55.2 Å². The van der Waals surface area contributed by atoms with Crippen molar-refractivity contribution >= 4 is 28.2 Å². The molecule has 0 aliphatic carbocycles. The van der Waals surface area contributed by atoms with Gasteiger partial charge in [0.2, 0.25) is 0 Å². The fourth-order valence-electron chi connectivity index (χ4n) is 3.21. The van der Waals surface area contributed by atoms with Crippen molar-refractivity contribution in [1.82, 2.24) is 4.57 Å². The zero-order valence-corrected chi connectivity index (χ0v) is 13.6. The van der Waals surface area contributed by atoms with Crippen LogP contribution in [0.5, 0.6) is 0 Å². The molecule has 1 aromatic heterocycles. The number of hydrogen-bond donors (Lipinski definition) is 0. The Hall–Kier alpha value is -2.75. The summed E-state index contributed by atoms with van der Waals surface area (Å²) in [5, 5.41) is 1.16. The minimum absolute atomic E-state index is 0.0824. The number of aromatic nitrogens is 1. The van der Waals surface area contributed by atoms with Gasteiger partial charge in [-0.1, -0.05) is 6.07 Å². The Kier molecular flexibility index (Phi) is 2.94. The SMILES string of the molecule is CN(C)c1ccc2c(c1)C(=O)N(c1ccc3c(ccn3C)c1)C2. The number of aryl methyl sites for hydroxylation is 1. The lowest BCUT2D eigenvalue weighted by atomic mass is 10.1. The van der Waals surface area contributed by atoms with Crippen molar-refractivity contribution in [3.63, 3.8) is 0 Å². The molecule has 0 saturated heterocycles. The Morgan fingerprint density at radius 2 is 1.87 bits per heavy atom. The van der Waals surface area contributed by atoms with Gasteiger partial charge >= 0.3 is 0 Å². The molecule has 4 heteroatoms. The molecule has 0 N–H and O–H groups in total. The maximum absolute atomic E-state index is 12.8. The second kappa shape index (κ2) is 4.88. The maximum atomic E-state index is 12.8. The van der Waals surface area contributed by atoms with Gasteiger partial charge in [-0.3, -0.25) is 4.79 Å². The highest BCUT2D eigenvalue weighted by molar-refractivity contribution is 6.11. The molecule has 0 fully saturated rings. The highest BCUT2D eigenvalue weighted by atomic mass is 16.2. The second-order valence-electron chi connectivity index (χ2n) is 6.30. The van der Waals surface area contributed by atoms with Crippen molar-refractivity contribution in [3.8, 4) is 0 Å². The minimum Gasteiger partial charge on any atom is -0.378 e. The first-order valence-corrected chi connectivity index (χ1v) is 7.72. The first kappa shape index (κ1) is 13.9. The van der Waals surface area contributed by atoms with Gasteiger partial charge in [0.1, 0.15) is 0 Å². The summed E-state index contributed by atoms with van der Waals surface area (Å²) in [4.78, 5) is 16.7. The van der Waals surface area contributed by atoms with Gasteiger partial charge in [0.15, 0.2) is 0 Å². The monoisotopic (exact) mass is 305 g/mol. The zero-order chi connectivity index (χ0) is 16.1. The van der Waals surface area contributed by atoms with Gasteiger partial charge in [0.05, 0.1) is 6.54 Å². The quantitative estimate of drug-likeness (QED) is 0.726. The minimum atomic E-state index is 0.0824. The highest BCUT2D eigenvalue weighted by Gasteiger charge is 2.29. The number of hydrogen-bond acceptors (Lipinski definition) is 2. The molecule has 1 aliphatic heterocycles. The van der Waals surface area contributed by atoms with Gasteiger partial charge < -0.3 is 14.4 Å². The lowest BCUT2D eigenvalue weighted by Crippen LogP contribution is -2.22. The predicted molar refractivity (Wildman–Crippen MR) is 94.2 cm³/mol. The van der Waals surface area contributed by atoms with Crippen LogP contribution in [0, 0.1) is 0 Å². The fraction of sp³-hybridized carbons (Fsp3) is 0.211. The molecule has 4 rings (SSSR count). The summed E-state index contributed by atoms with van der Waals surface area (Å²) in [6.07, 6.45) is 2.04. The number of fused-ring (bicyclic) bond motifs is 2. The molecule has 0 unspecified atom stereocenters. The molecule has 0 bridgehead atoms. The molecule has 23 heavy (non-hydrogen) atoms. The van der Waals surface area contributed by atoms with Crippen LogP contribution in [-0.4, -0.2) is 24.6 Å². The summed E-state index contributed by atoms with van der Waals surface area (Å²) in [7, 11) is 6.01. The summed E-state index contributed by atoms with van der Waals surface area (Å²) < 4.78 is 2.09. The summed E-state index contributed by atoms with van der Waals surface area (Å²) in [5.74, 6) is 0.0824. The molecule has 0 radical (unpaired) electrons. The lowest BCUT2D eigenvalue weighted by Gasteiger charge is -2.16. The third kappa shape index (κ3) is 2.10. The van der Waals surface area contributed by atoms with Crippen LogP contribution in [0.2, 0.25) is 0 Å². The smallest absolute Gasteiger partial charge is 0.259 e. The Morgan fingerprint density at radius 1 is 1.04 bits per heavy atom. The Labute approximate surface area is 135 Å². The molecule has 1 amide bonds. The van der Waals surface area contributed by atoms with E-state index in [0.29, 0.717) is 6.54 Å². The van der Waals surface area contributed by atoms with Crippen LogP contribution >= 0.6 is 0 Å². The molecule has 116 valence electrons. The van der Waals surface area contributed by atoms with Crippen LogP contribution in [0.25, 0.3) is 10.9 Å². The number of carbonyl (C=O) groups is 1. The van der Waals surface area contributed by atoms with Crippen molar-refractivity contribution in [1.29, 1.82) is 0 Å². The van der Waals surface area contributed by atoms with Crippen LogP contribution < -0.4 is 9.80 Å². The van der Waals surface area contributed by atoms with E-state index in [1.54, 1.807) is 0 Å². The maximum Gasteiger partial charge on any atom is 0.259 e. The fourth-order valence-corrected chi connectivity index (χ4v) is 3.21. The molecule has 0 saturated carbocycles. The number of amides is 1. The topological polar surface area (TPSA) is 28.5 Å². The molecule has 2 aromatic carbocycles. The van der Waals surface area contributed by atoms with E-state index in [1.165, 1.54) is 5.52 Å². The average molecular weight is 305 g/mol. The highest BCUT2D eigenvalue weighted by Crippen LogP contribution is 2.32. The van der Waals surface area contributed by atoms with Crippen LogP contribution in [0.3, 0.4) is 0 Å². The van der Waals surface area contributed by atoms with Gasteiger partial charge in [-0.15, -0.1) is 0 Å². The third-order valence-corrected chi connectivity index (χ3v) is 4.59. The summed E-state index contributed by atoms with van der Waals surface area (Å²) in [6, 6.07) is 14.4. The predicted octanol–water partition coefficient (Wildman–Crippen LogP) is 3.40. The molecule has 2 heterocycles. The Morgan fingerprint density at radius 3 is 2.65 bits per heavy atom. The largest absolute Gasteiger partial charge is 0.378 e. The Balaban J connectivity index is 1.74. The van der Waals surface area contributed by atoms with Crippen molar-refractivity contribution < 1.29 is 4.79 Å². The van der Waals surface area contributed by atoms with Crippen molar-refractivity contribution in [2.45, 2.75) is 6.54 Å². The standard InChI is InChI=1S/C19H19N3O/c1-20(2)15-5-4-14-12-22(19(23)17(14)11-15)16-6-7-18-13(10-16)8-9-21(18)3/h4-11H,12H2,1-3H3.